The first kappa shape index (κ1) is 33.7. The van der Waals surface area contributed by atoms with Crippen molar-refractivity contribution >= 4 is 39.1 Å². The summed E-state index contributed by atoms with van der Waals surface area (Å²) in [6.45, 7) is 7.69. The van der Waals surface area contributed by atoms with Gasteiger partial charge >= 0.3 is 0 Å². The van der Waals surface area contributed by atoms with E-state index >= 15 is 0 Å². The maximum absolute atomic E-state index is 14.5. The Bertz CT molecular complexity index is 1690. The third-order valence-electron chi connectivity index (χ3n) is 7.46. The fourth-order valence-electron chi connectivity index (χ4n) is 4.86. The minimum absolute atomic E-state index is 0.0113. The van der Waals surface area contributed by atoms with E-state index < -0.39 is 28.5 Å². The molecule has 4 rings (SSSR count). The van der Waals surface area contributed by atoms with Crippen LogP contribution >= 0.6 is 11.6 Å². The van der Waals surface area contributed by atoms with Gasteiger partial charge in [-0.3, -0.25) is 13.9 Å². The molecule has 0 bridgehead atoms. The highest BCUT2D eigenvalue weighted by Gasteiger charge is 2.35. The van der Waals surface area contributed by atoms with Crippen LogP contribution in [0.4, 0.5) is 5.69 Å². The van der Waals surface area contributed by atoms with Gasteiger partial charge in [-0.1, -0.05) is 109 Å². The van der Waals surface area contributed by atoms with Crippen LogP contribution in [0.25, 0.3) is 0 Å². The van der Waals surface area contributed by atoms with Crippen LogP contribution in [0.15, 0.2) is 108 Å². The van der Waals surface area contributed by atoms with Gasteiger partial charge < -0.3 is 10.2 Å². The number of benzene rings is 4. The van der Waals surface area contributed by atoms with Gasteiger partial charge in [0.1, 0.15) is 12.6 Å². The van der Waals surface area contributed by atoms with E-state index in [1.54, 1.807) is 54.6 Å². The number of nitrogens with one attached hydrogen (secondary N) is 1. The highest BCUT2D eigenvalue weighted by Crippen LogP contribution is 2.26. The van der Waals surface area contributed by atoms with Crippen LogP contribution in [0.5, 0.6) is 0 Å². The Hall–Kier alpha value is -4.14. The van der Waals surface area contributed by atoms with Gasteiger partial charge in [-0.15, -0.1) is 0 Å². The first-order chi connectivity index (χ1) is 21.5. The molecule has 4 aromatic carbocycles. The van der Waals surface area contributed by atoms with Crippen molar-refractivity contribution in [2.45, 2.75) is 51.6 Å². The molecule has 0 unspecified atom stereocenters. The van der Waals surface area contributed by atoms with E-state index in [0.29, 0.717) is 22.8 Å². The van der Waals surface area contributed by atoms with Crippen molar-refractivity contribution in [3.8, 4) is 0 Å². The second kappa shape index (κ2) is 15.2. The third kappa shape index (κ3) is 8.96. The molecular formula is C36H40ClN3O4S. The lowest BCUT2D eigenvalue weighted by atomic mass is 10.0. The van der Waals surface area contributed by atoms with Gasteiger partial charge in [0.15, 0.2) is 0 Å². The van der Waals surface area contributed by atoms with Crippen LogP contribution in [0, 0.1) is 19.8 Å². The lowest BCUT2D eigenvalue weighted by Gasteiger charge is -2.34. The normalized spacial score (nSPS) is 12.0. The highest BCUT2D eigenvalue weighted by atomic mass is 35.5. The Morgan fingerprint density at radius 2 is 1.38 bits per heavy atom. The van der Waals surface area contributed by atoms with Gasteiger partial charge in [-0.2, -0.15) is 0 Å². The average molecular weight is 646 g/mol. The van der Waals surface area contributed by atoms with Crippen molar-refractivity contribution in [2.24, 2.45) is 5.92 Å². The van der Waals surface area contributed by atoms with E-state index in [9.17, 15) is 18.0 Å². The Kier molecular flexibility index (Phi) is 11.4. The van der Waals surface area contributed by atoms with Crippen LogP contribution < -0.4 is 9.62 Å². The van der Waals surface area contributed by atoms with Crippen LogP contribution in [-0.4, -0.2) is 44.3 Å². The number of carbonyl (C=O) groups is 2. The number of rotatable bonds is 13. The standard InChI is InChI=1S/C36H40ClN3O4S/c1-26(2)23-38-36(42)34(22-29-10-6-5-7-11-29)39(24-30-12-8-9-13-33(30)37)35(41)25-40(31-18-14-27(3)15-19-31)45(43,44)32-20-16-28(4)17-21-32/h5-21,26,34H,22-25H2,1-4H3,(H,38,42)/t34-/m0/s1. The zero-order valence-electron chi connectivity index (χ0n) is 26.1. The monoisotopic (exact) mass is 645 g/mol. The molecule has 0 saturated carbocycles. The second-order valence-electron chi connectivity index (χ2n) is 11.6. The lowest BCUT2D eigenvalue weighted by molar-refractivity contribution is -0.140. The first-order valence-electron chi connectivity index (χ1n) is 15.0. The highest BCUT2D eigenvalue weighted by molar-refractivity contribution is 7.92. The molecule has 0 aliphatic carbocycles. The molecule has 4 aromatic rings. The maximum Gasteiger partial charge on any atom is 0.264 e. The van der Waals surface area contributed by atoms with Crippen LogP contribution in [0.1, 0.15) is 36.1 Å². The van der Waals surface area contributed by atoms with E-state index in [2.05, 4.69) is 5.32 Å². The zero-order valence-corrected chi connectivity index (χ0v) is 27.7. The Balaban J connectivity index is 1.80. The molecule has 236 valence electrons. The molecular weight excluding hydrogens is 606 g/mol. The van der Waals surface area contributed by atoms with E-state index in [0.717, 1.165) is 21.0 Å². The van der Waals surface area contributed by atoms with Crippen LogP contribution in [-0.2, 0) is 32.6 Å². The average Bonchev–Trinajstić information content (AvgIpc) is 3.02. The lowest BCUT2D eigenvalue weighted by Crippen LogP contribution is -2.53. The molecule has 0 saturated heterocycles. The predicted molar refractivity (Wildman–Crippen MR) is 181 cm³/mol. The zero-order chi connectivity index (χ0) is 32.6. The van der Waals surface area contributed by atoms with Gasteiger partial charge in [0.25, 0.3) is 10.0 Å². The van der Waals surface area contributed by atoms with Crippen LogP contribution in [0.2, 0.25) is 5.02 Å². The molecule has 0 aromatic heterocycles. The Morgan fingerprint density at radius 1 is 0.800 bits per heavy atom. The minimum atomic E-state index is -4.16. The van der Waals surface area contributed by atoms with Gasteiger partial charge in [0.2, 0.25) is 11.8 Å². The topological polar surface area (TPSA) is 86.8 Å². The molecule has 9 heteroatoms. The van der Waals surface area contributed by atoms with Gasteiger partial charge in [-0.25, -0.2) is 8.42 Å². The SMILES string of the molecule is Cc1ccc(N(CC(=O)N(Cc2ccccc2Cl)[C@@H](Cc2ccccc2)C(=O)NCC(C)C)S(=O)(=O)c2ccc(C)cc2)cc1. The summed E-state index contributed by atoms with van der Waals surface area (Å²) in [5, 5.41) is 3.44. The molecule has 2 amide bonds. The third-order valence-corrected chi connectivity index (χ3v) is 9.62. The van der Waals surface area contributed by atoms with Crippen molar-refractivity contribution in [1.82, 2.24) is 10.2 Å². The molecule has 0 heterocycles. The molecule has 1 atom stereocenters. The largest absolute Gasteiger partial charge is 0.354 e. The summed E-state index contributed by atoms with van der Waals surface area (Å²) >= 11 is 6.56. The Morgan fingerprint density at radius 3 is 1.98 bits per heavy atom. The number of halogens is 1. The van der Waals surface area contributed by atoms with Crippen molar-refractivity contribution in [2.75, 3.05) is 17.4 Å². The summed E-state index contributed by atoms with van der Waals surface area (Å²) in [6.07, 6.45) is 0.232. The fraction of sp³-hybridized carbons (Fsp3) is 0.278. The quantitative estimate of drug-likeness (QED) is 0.178. The number of amides is 2. The van der Waals surface area contributed by atoms with E-state index in [4.69, 9.17) is 11.6 Å². The molecule has 1 N–H and O–H groups in total. The Labute approximate surface area is 271 Å². The first-order valence-corrected chi connectivity index (χ1v) is 16.8. The van der Waals surface area contributed by atoms with Gasteiger partial charge in [0.05, 0.1) is 10.6 Å². The van der Waals surface area contributed by atoms with E-state index in [1.807, 2.05) is 64.1 Å². The summed E-state index contributed by atoms with van der Waals surface area (Å²) in [5.74, 6) is -0.668. The number of hydrogen-bond donors (Lipinski definition) is 1. The number of sulfonamides is 1. The maximum atomic E-state index is 14.5. The van der Waals surface area contributed by atoms with E-state index in [1.165, 1.54) is 17.0 Å². The summed E-state index contributed by atoms with van der Waals surface area (Å²) < 4.78 is 29.4. The smallest absolute Gasteiger partial charge is 0.264 e. The minimum Gasteiger partial charge on any atom is -0.354 e. The summed E-state index contributed by atoms with van der Waals surface area (Å²) in [4.78, 5) is 29.9. The van der Waals surface area contributed by atoms with E-state index in [-0.39, 0.29) is 29.7 Å². The molecule has 45 heavy (non-hydrogen) atoms. The van der Waals surface area contributed by atoms with Crippen molar-refractivity contribution < 1.29 is 18.0 Å². The number of nitrogens with zero attached hydrogens (tertiary/aromatic N) is 2. The van der Waals surface area contributed by atoms with Crippen molar-refractivity contribution in [3.05, 3.63) is 130 Å². The molecule has 7 nitrogen and oxygen atoms in total. The van der Waals surface area contributed by atoms with Crippen molar-refractivity contribution in [1.29, 1.82) is 0 Å². The summed E-state index contributed by atoms with van der Waals surface area (Å²) in [5.41, 5.74) is 3.71. The molecule has 0 fully saturated rings. The number of anilines is 1. The van der Waals surface area contributed by atoms with Gasteiger partial charge in [-0.05, 0) is 61.2 Å². The second-order valence-corrected chi connectivity index (χ2v) is 13.9. The number of hydrogen-bond acceptors (Lipinski definition) is 4. The van der Waals surface area contributed by atoms with Crippen molar-refractivity contribution in [3.63, 3.8) is 0 Å². The fourth-order valence-corrected chi connectivity index (χ4v) is 6.47. The molecule has 0 radical (unpaired) electrons. The molecule has 0 aliphatic rings. The molecule has 0 aliphatic heterocycles. The predicted octanol–water partition coefficient (Wildman–Crippen LogP) is 6.56. The summed E-state index contributed by atoms with van der Waals surface area (Å²) in [6, 6.07) is 29.2. The number of aryl methyl sites for hydroxylation is 2. The molecule has 0 spiro atoms. The van der Waals surface area contributed by atoms with Crippen LogP contribution in [0.3, 0.4) is 0 Å². The number of carbonyl (C=O) groups excluding carboxylic acids is 2. The summed E-state index contributed by atoms with van der Waals surface area (Å²) in [7, 11) is -4.16. The van der Waals surface area contributed by atoms with Gasteiger partial charge in [0, 0.05) is 24.5 Å².